The molecule has 2 aliphatic heterocycles. The Balaban J connectivity index is 1.51. The highest BCUT2D eigenvalue weighted by Gasteiger charge is 2.46. The van der Waals surface area contributed by atoms with Gasteiger partial charge < -0.3 is 5.11 Å². The lowest BCUT2D eigenvalue weighted by Crippen LogP contribution is -2.56. The molecule has 2 aromatic carbocycles. The molecule has 27 heavy (non-hydrogen) atoms. The Morgan fingerprint density at radius 3 is 2.15 bits per heavy atom. The van der Waals surface area contributed by atoms with Gasteiger partial charge in [-0.2, -0.15) is 0 Å². The molecule has 0 saturated carbocycles. The smallest absolute Gasteiger partial charge is 0.0926 e. The summed E-state index contributed by atoms with van der Waals surface area (Å²) in [4.78, 5) is 2.67. The minimum Gasteiger partial charge on any atom is -0.385 e. The number of rotatable bonds is 5. The van der Waals surface area contributed by atoms with Gasteiger partial charge in [-0.3, -0.25) is 4.90 Å². The van der Waals surface area contributed by atoms with Crippen molar-refractivity contribution in [2.75, 3.05) is 0 Å². The molecule has 2 unspecified atom stereocenters. The fourth-order valence-corrected chi connectivity index (χ4v) is 5.23. The van der Waals surface area contributed by atoms with E-state index < -0.39 is 5.60 Å². The van der Waals surface area contributed by atoms with Crippen molar-refractivity contribution in [3.05, 3.63) is 71.3 Å². The molecule has 0 amide bonds. The van der Waals surface area contributed by atoms with Crippen LogP contribution in [0.5, 0.6) is 0 Å². The van der Waals surface area contributed by atoms with E-state index in [9.17, 15) is 5.11 Å². The fraction of sp³-hybridized carbons (Fsp3) is 0.520. The number of benzene rings is 2. The molecule has 2 aliphatic rings. The van der Waals surface area contributed by atoms with E-state index >= 15 is 0 Å². The summed E-state index contributed by atoms with van der Waals surface area (Å²) < 4.78 is 0. The van der Waals surface area contributed by atoms with Crippen molar-refractivity contribution >= 4 is 0 Å². The maximum Gasteiger partial charge on any atom is 0.0926 e. The maximum absolute atomic E-state index is 11.6. The third kappa shape index (κ3) is 4.12. The van der Waals surface area contributed by atoms with Crippen LogP contribution in [0.25, 0.3) is 0 Å². The van der Waals surface area contributed by atoms with Gasteiger partial charge in [-0.15, -0.1) is 0 Å². The number of hydrogen-bond acceptors (Lipinski definition) is 2. The van der Waals surface area contributed by atoms with Crippen molar-refractivity contribution in [2.24, 2.45) is 5.92 Å². The first kappa shape index (κ1) is 18.7. The normalized spacial score (nSPS) is 28.4. The van der Waals surface area contributed by atoms with Gasteiger partial charge in [-0.05, 0) is 54.7 Å². The Kier molecular flexibility index (Phi) is 5.39. The Morgan fingerprint density at radius 1 is 0.926 bits per heavy atom. The van der Waals surface area contributed by atoms with Gasteiger partial charge in [0.05, 0.1) is 5.60 Å². The first-order valence-corrected chi connectivity index (χ1v) is 10.6. The standard InChI is InChI=1S/C25H33NO/c1-19(2)15-20-11-13-22(14-12-20)25(27)16-23-9-6-10-24(17-25)26(23)18-21-7-4-3-5-8-21/h3-5,7-8,11-14,19,23-24,27H,6,9-10,15-18H2,1-2H3. The summed E-state index contributed by atoms with van der Waals surface area (Å²) in [6, 6.07) is 20.6. The first-order chi connectivity index (χ1) is 13.0. The summed E-state index contributed by atoms with van der Waals surface area (Å²) in [5.41, 5.74) is 3.21. The summed E-state index contributed by atoms with van der Waals surface area (Å²) in [7, 11) is 0. The van der Waals surface area contributed by atoms with Gasteiger partial charge >= 0.3 is 0 Å². The number of nitrogens with zero attached hydrogens (tertiary/aromatic N) is 1. The Labute approximate surface area is 164 Å². The van der Waals surface area contributed by atoms with Gasteiger partial charge in [0.25, 0.3) is 0 Å². The third-order valence-electron chi connectivity index (χ3n) is 6.50. The van der Waals surface area contributed by atoms with Crippen LogP contribution in [0.15, 0.2) is 54.6 Å². The molecule has 2 atom stereocenters. The van der Waals surface area contributed by atoms with Crippen molar-refractivity contribution in [3.8, 4) is 0 Å². The van der Waals surface area contributed by atoms with Crippen LogP contribution < -0.4 is 0 Å². The van der Waals surface area contributed by atoms with E-state index in [1.54, 1.807) is 0 Å². The lowest BCUT2D eigenvalue weighted by Gasteiger charge is -2.52. The molecule has 2 aromatic rings. The van der Waals surface area contributed by atoms with Gasteiger partial charge in [0.2, 0.25) is 0 Å². The minimum atomic E-state index is -0.667. The molecule has 0 spiro atoms. The summed E-state index contributed by atoms with van der Waals surface area (Å²) in [6.45, 7) is 5.52. The molecule has 1 N–H and O–H groups in total. The topological polar surface area (TPSA) is 23.5 Å². The molecule has 2 saturated heterocycles. The van der Waals surface area contributed by atoms with Crippen LogP contribution in [0.4, 0.5) is 0 Å². The quantitative estimate of drug-likeness (QED) is 0.780. The summed E-state index contributed by atoms with van der Waals surface area (Å²) in [5.74, 6) is 0.666. The van der Waals surface area contributed by atoms with Crippen molar-refractivity contribution in [1.82, 2.24) is 4.90 Å². The fourth-order valence-electron chi connectivity index (χ4n) is 5.23. The molecule has 2 heteroatoms. The summed E-state index contributed by atoms with van der Waals surface area (Å²) >= 11 is 0. The highest BCUT2D eigenvalue weighted by atomic mass is 16.3. The predicted octanol–water partition coefficient (Wildman–Crippen LogP) is 5.29. The van der Waals surface area contributed by atoms with Gasteiger partial charge in [-0.1, -0.05) is 74.9 Å². The van der Waals surface area contributed by atoms with E-state index in [0.717, 1.165) is 31.4 Å². The molecule has 0 aromatic heterocycles. The van der Waals surface area contributed by atoms with E-state index in [1.165, 1.54) is 30.4 Å². The van der Waals surface area contributed by atoms with Gasteiger partial charge in [0, 0.05) is 18.6 Å². The molecule has 2 bridgehead atoms. The molecule has 2 nitrogen and oxygen atoms in total. The molecule has 144 valence electrons. The molecular weight excluding hydrogens is 330 g/mol. The molecule has 0 radical (unpaired) electrons. The van der Waals surface area contributed by atoms with E-state index in [-0.39, 0.29) is 0 Å². The average Bonchev–Trinajstić information content (AvgIpc) is 2.64. The Hall–Kier alpha value is -1.64. The molecule has 4 rings (SSSR count). The molecule has 2 heterocycles. The van der Waals surface area contributed by atoms with Gasteiger partial charge in [0.15, 0.2) is 0 Å². The van der Waals surface area contributed by atoms with Crippen LogP contribution in [0, 0.1) is 5.92 Å². The molecular formula is C25H33NO. The predicted molar refractivity (Wildman–Crippen MR) is 112 cm³/mol. The van der Waals surface area contributed by atoms with E-state index in [2.05, 4.69) is 73.3 Å². The highest BCUT2D eigenvalue weighted by Crippen LogP contribution is 2.44. The van der Waals surface area contributed by atoms with Crippen LogP contribution in [0.2, 0.25) is 0 Å². The van der Waals surface area contributed by atoms with Crippen molar-refractivity contribution < 1.29 is 5.11 Å². The summed E-state index contributed by atoms with van der Waals surface area (Å²) in [6.07, 6.45) is 6.53. The van der Waals surface area contributed by atoms with Gasteiger partial charge in [0.1, 0.15) is 0 Å². The summed E-state index contributed by atoms with van der Waals surface area (Å²) in [5, 5.41) is 11.6. The second kappa shape index (κ2) is 7.77. The molecule has 2 fully saturated rings. The first-order valence-electron chi connectivity index (χ1n) is 10.6. The van der Waals surface area contributed by atoms with Crippen LogP contribution in [0.3, 0.4) is 0 Å². The number of fused-ring (bicyclic) bond motifs is 2. The zero-order chi connectivity index (χ0) is 18.9. The minimum absolute atomic E-state index is 0.484. The van der Waals surface area contributed by atoms with E-state index in [0.29, 0.717) is 18.0 Å². The van der Waals surface area contributed by atoms with Gasteiger partial charge in [-0.25, -0.2) is 0 Å². The number of aliphatic hydroxyl groups is 1. The van der Waals surface area contributed by atoms with Crippen LogP contribution >= 0.6 is 0 Å². The zero-order valence-corrected chi connectivity index (χ0v) is 16.8. The van der Waals surface area contributed by atoms with Crippen molar-refractivity contribution in [1.29, 1.82) is 0 Å². The van der Waals surface area contributed by atoms with Crippen LogP contribution in [-0.2, 0) is 18.6 Å². The lowest BCUT2D eigenvalue weighted by molar-refractivity contribution is -0.0999. The van der Waals surface area contributed by atoms with Crippen molar-refractivity contribution in [2.45, 2.75) is 76.6 Å². The largest absolute Gasteiger partial charge is 0.385 e. The van der Waals surface area contributed by atoms with Crippen molar-refractivity contribution in [3.63, 3.8) is 0 Å². The maximum atomic E-state index is 11.6. The van der Waals surface area contributed by atoms with E-state index in [4.69, 9.17) is 0 Å². The zero-order valence-electron chi connectivity index (χ0n) is 16.8. The lowest BCUT2D eigenvalue weighted by atomic mass is 9.72. The third-order valence-corrected chi connectivity index (χ3v) is 6.50. The van der Waals surface area contributed by atoms with Crippen LogP contribution in [-0.4, -0.2) is 22.1 Å². The number of hydrogen-bond donors (Lipinski definition) is 1. The molecule has 0 aliphatic carbocycles. The van der Waals surface area contributed by atoms with E-state index in [1.807, 2.05) is 0 Å². The Morgan fingerprint density at radius 2 is 1.56 bits per heavy atom. The average molecular weight is 364 g/mol. The monoisotopic (exact) mass is 363 g/mol. The second-order valence-corrected chi connectivity index (χ2v) is 9.13. The van der Waals surface area contributed by atoms with Crippen LogP contribution in [0.1, 0.15) is 62.6 Å². The SMILES string of the molecule is CC(C)Cc1ccc(C2(O)CC3CCCC(C2)N3Cc2ccccc2)cc1. The Bertz CT molecular complexity index is 723. The number of piperidine rings is 2. The second-order valence-electron chi connectivity index (χ2n) is 9.13. The highest BCUT2D eigenvalue weighted by molar-refractivity contribution is 5.29.